The lowest BCUT2D eigenvalue weighted by Gasteiger charge is -2.20. The van der Waals surface area contributed by atoms with E-state index in [1.165, 1.54) is 31.7 Å². The van der Waals surface area contributed by atoms with Crippen molar-refractivity contribution in [3.05, 3.63) is 35.1 Å². The Morgan fingerprint density at radius 1 is 1.29 bits per heavy atom. The largest absolute Gasteiger partial charge is 0.384 e. The molecule has 1 saturated heterocycles. The van der Waals surface area contributed by atoms with Crippen molar-refractivity contribution < 1.29 is 9.50 Å². The maximum Gasteiger partial charge on any atom is 0.124 e. The molecule has 0 radical (unpaired) electrons. The minimum absolute atomic E-state index is 0.198. The first kappa shape index (κ1) is 16.0. The zero-order chi connectivity index (χ0) is 15.1. The molecule has 0 amide bonds. The Morgan fingerprint density at radius 3 is 2.90 bits per heavy atom. The monoisotopic (exact) mass is 289 g/mol. The van der Waals surface area contributed by atoms with Crippen molar-refractivity contribution in [2.75, 3.05) is 19.7 Å². The third-order valence-corrected chi connectivity index (χ3v) is 4.19. The average Bonchev–Trinajstić information content (AvgIpc) is 2.69. The van der Waals surface area contributed by atoms with E-state index >= 15 is 0 Å². The normalized spacial score (nSPS) is 19.7. The molecule has 1 aromatic carbocycles. The lowest BCUT2D eigenvalue weighted by atomic mass is 9.98. The molecule has 0 bridgehead atoms. The smallest absolute Gasteiger partial charge is 0.124 e. The topological polar surface area (TPSA) is 23.5 Å². The summed E-state index contributed by atoms with van der Waals surface area (Å²) in [5, 5.41) is 8.73. The third-order valence-electron chi connectivity index (χ3n) is 4.19. The summed E-state index contributed by atoms with van der Waals surface area (Å²) >= 11 is 0. The molecule has 1 heterocycles. The second kappa shape index (κ2) is 8.17. The molecule has 1 unspecified atom stereocenters. The van der Waals surface area contributed by atoms with E-state index < -0.39 is 0 Å². The Kier molecular flexibility index (Phi) is 6.22. The summed E-state index contributed by atoms with van der Waals surface area (Å²) in [6.07, 6.45) is 5.03. The molecule has 0 spiro atoms. The van der Waals surface area contributed by atoms with Crippen molar-refractivity contribution >= 4 is 0 Å². The molecule has 1 fully saturated rings. The van der Waals surface area contributed by atoms with Crippen molar-refractivity contribution in [2.45, 2.75) is 39.2 Å². The van der Waals surface area contributed by atoms with Crippen molar-refractivity contribution in [3.8, 4) is 11.8 Å². The fraction of sp³-hybridized carbons (Fsp3) is 0.556. The van der Waals surface area contributed by atoms with Gasteiger partial charge in [0.25, 0.3) is 0 Å². The minimum atomic E-state index is -0.254. The summed E-state index contributed by atoms with van der Waals surface area (Å²) in [4.78, 5) is 2.41. The number of hydrogen-bond acceptors (Lipinski definition) is 2. The first-order valence-corrected chi connectivity index (χ1v) is 7.82. The lowest BCUT2D eigenvalue weighted by molar-refractivity contribution is 0.271. The van der Waals surface area contributed by atoms with Crippen LogP contribution in [0.25, 0.3) is 0 Å². The first-order valence-electron chi connectivity index (χ1n) is 7.82. The molecule has 0 saturated carbocycles. The molecule has 1 aromatic rings. The highest BCUT2D eigenvalue weighted by Crippen LogP contribution is 2.21. The minimum Gasteiger partial charge on any atom is -0.384 e. The summed E-state index contributed by atoms with van der Waals surface area (Å²) in [7, 11) is 0. The van der Waals surface area contributed by atoms with Gasteiger partial charge in [-0.3, -0.25) is 4.90 Å². The zero-order valence-corrected chi connectivity index (χ0v) is 12.7. The predicted molar refractivity (Wildman–Crippen MR) is 83.3 cm³/mol. The van der Waals surface area contributed by atoms with E-state index in [2.05, 4.69) is 23.7 Å². The van der Waals surface area contributed by atoms with Crippen LogP contribution in [0.3, 0.4) is 0 Å². The van der Waals surface area contributed by atoms with Gasteiger partial charge < -0.3 is 5.11 Å². The van der Waals surface area contributed by atoms with Crippen molar-refractivity contribution in [1.29, 1.82) is 0 Å². The maximum atomic E-state index is 13.7. The molecule has 0 aliphatic carbocycles. The van der Waals surface area contributed by atoms with Gasteiger partial charge in [-0.05, 0) is 62.0 Å². The highest BCUT2D eigenvalue weighted by Gasteiger charge is 2.16. The molecule has 1 aliphatic heterocycles. The molecular formula is C18H24FNO. The molecule has 1 N–H and O–H groups in total. The van der Waals surface area contributed by atoms with Gasteiger partial charge in [0.15, 0.2) is 0 Å². The van der Waals surface area contributed by atoms with Crippen LogP contribution in [0.15, 0.2) is 18.2 Å². The van der Waals surface area contributed by atoms with Gasteiger partial charge in [0.1, 0.15) is 12.4 Å². The quantitative estimate of drug-likeness (QED) is 0.864. The number of aliphatic hydroxyl groups is 1. The Hall–Kier alpha value is -1.37. The van der Waals surface area contributed by atoms with Gasteiger partial charge >= 0.3 is 0 Å². The van der Waals surface area contributed by atoms with E-state index in [9.17, 15) is 4.39 Å². The number of halogens is 1. The number of aliphatic hydroxyl groups excluding tert-OH is 1. The number of nitrogens with zero attached hydrogens (tertiary/aromatic N) is 1. The van der Waals surface area contributed by atoms with Crippen molar-refractivity contribution in [3.63, 3.8) is 0 Å². The van der Waals surface area contributed by atoms with Crippen LogP contribution in [0.2, 0.25) is 0 Å². The van der Waals surface area contributed by atoms with E-state index in [1.807, 2.05) is 6.07 Å². The highest BCUT2D eigenvalue weighted by atomic mass is 19.1. The fourth-order valence-corrected chi connectivity index (χ4v) is 3.00. The van der Waals surface area contributed by atoms with Crippen LogP contribution in [-0.2, 0) is 6.54 Å². The summed E-state index contributed by atoms with van der Waals surface area (Å²) in [6.45, 7) is 5.02. The van der Waals surface area contributed by atoms with E-state index in [0.29, 0.717) is 5.56 Å². The summed E-state index contributed by atoms with van der Waals surface area (Å²) in [5.74, 6) is 5.94. The molecule has 0 aromatic heterocycles. The first-order chi connectivity index (χ1) is 10.2. The third kappa shape index (κ3) is 5.15. The number of likely N-dealkylation sites (tertiary alicyclic amines) is 1. The summed E-state index contributed by atoms with van der Waals surface area (Å²) < 4.78 is 13.7. The fourth-order valence-electron chi connectivity index (χ4n) is 3.00. The van der Waals surface area contributed by atoms with Crippen LogP contribution in [0.4, 0.5) is 4.39 Å². The molecule has 21 heavy (non-hydrogen) atoms. The maximum absolute atomic E-state index is 13.7. The Morgan fingerprint density at radius 2 is 2.14 bits per heavy atom. The Bertz CT molecular complexity index is 518. The highest BCUT2D eigenvalue weighted by molar-refractivity contribution is 5.37. The van der Waals surface area contributed by atoms with E-state index in [4.69, 9.17) is 5.11 Å². The van der Waals surface area contributed by atoms with Crippen molar-refractivity contribution in [1.82, 2.24) is 4.90 Å². The van der Waals surface area contributed by atoms with Crippen LogP contribution in [0, 0.1) is 23.6 Å². The van der Waals surface area contributed by atoms with Crippen LogP contribution < -0.4 is 0 Å². The molecule has 3 heteroatoms. The molecule has 1 aliphatic rings. The molecule has 2 rings (SSSR count). The van der Waals surface area contributed by atoms with Gasteiger partial charge in [-0.15, -0.1) is 0 Å². The standard InChI is InChI=1S/C18H24FNO/c1-2-15-5-3-8-20(9-7-15)14-17-11-16(6-4-10-21)12-18(19)13-17/h11-13,15,21H,2-3,5,7-10,14H2,1H3. The van der Waals surface area contributed by atoms with E-state index in [1.54, 1.807) is 6.07 Å². The number of benzene rings is 1. The van der Waals surface area contributed by atoms with Crippen LogP contribution >= 0.6 is 0 Å². The Labute approximate surface area is 127 Å². The zero-order valence-electron chi connectivity index (χ0n) is 12.7. The van der Waals surface area contributed by atoms with Crippen LogP contribution in [0.5, 0.6) is 0 Å². The molecular weight excluding hydrogens is 265 g/mol. The summed E-state index contributed by atoms with van der Waals surface area (Å²) in [6, 6.07) is 4.93. The number of rotatable bonds is 3. The van der Waals surface area contributed by atoms with Gasteiger partial charge in [-0.2, -0.15) is 0 Å². The molecule has 114 valence electrons. The SMILES string of the molecule is CCC1CCCN(Cc2cc(F)cc(C#CCO)c2)CC1. The van der Waals surface area contributed by atoms with Crippen LogP contribution in [-0.4, -0.2) is 29.7 Å². The summed E-state index contributed by atoms with van der Waals surface area (Å²) in [5.41, 5.74) is 1.60. The second-order valence-electron chi connectivity index (χ2n) is 5.79. The van der Waals surface area contributed by atoms with E-state index in [-0.39, 0.29) is 12.4 Å². The van der Waals surface area contributed by atoms with Gasteiger partial charge in [-0.25, -0.2) is 4.39 Å². The average molecular weight is 289 g/mol. The van der Waals surface area contributed by atoms with Crippen LogP contribution in [0.1, 0.15) is 43.7 Å². The predicted octanol–water partition coefficient (Wildman–Crippen LogP) is 3.18. The van der Waals surface area contributed by atoms with Crippen molar-refractivity contribution in [2.24, 2.45) is 5.92 Å². The van der Waals surface area contributed by atoms with Gasteiger partial charge in [0, 0.05) is 12.1 Å². The molecule has 1 atom stereocenters. The molecule has 2 nitrogen and oxygen atoms in total. The van der Waals surface area contributed by atoms with Gasteiger partial charge in [0.05, 0.1) is 0 Å². The Balaban J connectivity index is 2.03. The lowest BCUT2D eigenvalue weighted by Crippen LogP contribution is -2.24. The van der Waals surface area contributed by atoms with Gasteiger partial charge in [-0.1, -0.05) is 25.2 Å². The van der Waals surface area contributed by atoms with Gasteiger partial charge in [0.2, 0.25) is 0 Å². The van der Waals surface area contributed by atoms with E-state index in [0.717, 1.165) is 31.1 Å². The number of hydrogen-bond donors (Lipinski definition) is 1. The second-order valence-corrected chi connectivity index (χ2v) is 5.79.